The Balaban J connectivity index is 1.75. The minimum absolute atomic E-state index is 0.139. The molecule has 0 saturated carbocycles. The van der Waals surface area contributed by atoms with Gasteiger partial charge in [-0.15, -0.1) is 0 Å². The third-order valence-corrected chi connectivity index (χ3v) is 7.38. The van der Waals surface area contributed by atoms with Gasteiger partial charge in [0.1, 0.15) is 0 Å². The van der Waals surface area contributed by atoms with E-state index < -0.39 is 10.0 Å². The van der Waals surface area contributed by atoms with Crippen LogP contribution >= 0.6 is 0 Å². The second-order valence-corrected chi connectivity index (χ2v) is 9.77. The van der Waals surface area contributed by atoms with Crippen LogP contribution in [0, 0.1) is 13.8 Å². The van der Waals surface area contributed by atoms with Crippen LogP contribution in [0.3, 0.4) is 0 Å². The molecule has 6 nitrogen and oxygen atoms in total. The highest BCUT2D eigenvalue weighted by Crippen LogP contribution is 2.21. The third kappa shape index (κ3) is 5.28. The molecule has 0 atom stereocenters. The predicted molar refractivity (Wildman–Crippen MR) is 119 cm³/mol. The molecule has 2 aromatic carbocycles. The van der Waals surface area contributed by atoms with Gasteiger partial charge in [-0.3, -0.25) is 9.69 Å². The van der Waals surface area contributed by atoms with E-state index in [2.05, 4.69) is 21.0 Å². The number of hydrogen-bond acceptors (Lipinski definition) is 4. The number of hydrogen-bond donors (Lipinski definition) is 2. The van der Waals surface area contributed by atoms with Crippen molar-refractivity contribution in [1.29, 1.82) is 0 Å². The van der Waals surface area contributed by atoms with E-state index >= 15 is 0 Å². The third-order valence-electron chi connectivity index (χ3n) is 5.84. The molecule has 30 heavy (non-hydrogen) atoms. The summed E-state index contributed by atoms with van der Waals surface area (Å²) in [5.41, 5.74) is 4.07. The zero-order chi connectivity index (χ0) is 21.7. The number of sulfonamides is 1. The summed E-state index contributed by atoms with van der Waals surface area (Å²) in [6.07, 6.45) is 3.78. The average Bonchev–Trinajstić information content (AvgIpc) is 2.75. The number of rotatable bonds is 7. The lowest BCUT2D eigenvalue weighted by Gasteiger charge is -2.27. The molecule has 2 N–H and O–H groups in total. The van der Waals surface area contributed by atoms with E-state index in [0.29, 0.717) is 17.7 Å². The smallest absolute Gasteiger partial charge is 0.251 e. The summed E-state index contributed by atoms with van der Waals surface area (Å²) in [4.78, 5) is 15.4. The number of aryl methyl sites for hydroxylation is 1. The van der Waals surface area contributed by atoms with Crippen molar-refractivity contribution in [1.82, 2.24) is 14.9 Å². The molecule has 0 radical (unpaired) electrons. The highest BCUT2D eigenvalue weighted by Gasteiger charge is 2.19. The summed E-state index contributed by atoms with van der Waals surface area (Å²) in [5.74, 6) is -0.279. The minimum Gasteiger partial charge on any atom is -0.348 e. The van der Waals surface area contributed by atoms with Gasteiger partial charge in [-0.25, -0.2) is 13.1 Å². The maximum atomic E-state index is 12.8. The van der Waals surface area contributed by atoms with Gasteiger partial charge in [0.05, 0.1) is 4.90 Å². The van der Waals surface area contributed by atoms with E-state index in [0.717, 1.165) is 30.8 Å². The van der Waals surface area contributed by atoms with Crippen molar-refractivity contribution < 1.29 is 13.2 Å². The molecule has 162 valence electrons. The largest absolute Gasteiger partial charge is 0.348 e. The van der Waals surface area contributed by atoms with Gasteiger partial charge in [0.25, 0.3) is 5.91 Å². The maximum absolute atomic E-state index is 12.8. The Labute approximate surface area is 179 Å². The van der Waals surface area contributed by atoms with Crippen LogP contribution < -0.4 is 10.0 Å². The van der Waals surface area contributed by atoms with Crippen LogP contribution in [0.5, 0.6) is 0 Å². The van der Waals surface area contributed by atoms with Gasteiger partial charge in [0, 0.05) is 18.7 Å². The van der Waals surface area contributed by atoms with Crippen LogP contribution in [0.4, 0.5) is 0 Å². The van der Waals surface area contributed by atoms with Crippen molar-refractivity contribution in [2.24, 2.45) is 0 Å². The summed E-state index contributed by atoms with van der Waals surface area (Å²) >= 11 is 0. The Morgan fingerprint density at radius 2 is 1.70 bits per heavy atom. The van der Waals surface area contributed by atoms with Crippen LogP contribution in [-0.4, -0.2) is 39.4 Å². The number of likely N-dealkylation sites (tertiary alicyclic amines) is 1. The van der Waals surface area contributed by atoms with Crippen molar-refractivity contribution in [2.45, 2.75) is 51.1 Å². The van der Waals surface area contributed by atoms with Gasteiger partial charge in [-0.1, -0.05) is 30.7 Å². The van der Waals surface area contributed by atoms with Crippen LogP contribution in [-0.2, 0) is 23.1 Å². The quantitative estimate of drug-likeness (QED) is 0.709. The second kappa shape index (κ2) is 9.73. The number of nitrogens with one attached hydrogen (secondary N) is 2. The first-order valence-electron chi connectivity index (χ1n) is 10.4. The molecule has 1 aliphatic heterocycles. The number of benzene rings is 2. The average molecular weight is 430 g/mol. The molecule has 0 spiro atoms. The van der Waals surface area contributed by atoms with Gasteiger partial charge in [-0.2, -0.15) is 0 Å². The van der Waals surface area contributed by atoms with E-state index in [1.54, 1.807) is 13.0 Å². The van der Waals surface area contributed by atoms with Gasteiger partial charge in [-0.05, 0) is 81.2 Å². The molecule has 1 heterocycles. The number of amides is 1. The Hall–Kier alpha value is -2.22. The fourth-order valence-electron chi connectivity index (χ4n) is 3.87. The maximum Gasteiger partial charge on any atom is 0.251 e. The highest BCUT2D eigenvalue weighted by atomic mass is 32.2. The fraction of sp³-hybridized carbons (Fsp3) is 0.435. The van der Waals surface area contributed by atoms with Crippen molar-refractivity contribution >= 4 is 15.9 Å². The summed E-state index contributed by atoms with van der Waals surface area (Å²) in [5, 5.41) is 2.96. The summed E-state index contributed by atoms with van der Waals surface area (Å²) in [6.45, 7) is 7.09. The minimum atomic E-state index is -3.63. The summed E-state index contributed by atoms with van der Waals surface area (Å²) < 4.78 is 27.0. The SMILES string of the molecule is CNS(=O)(=O)c1cc(C(=O)NCc2ccccc2CN2CCCCC2)cc(C)c1C. The van der Waals surface area contributed by atoms with E-state index in [9.17, 15) is 13.2 Å². The Morgan fingerprint density at radius 1 is 1.03 bits per heavy atom. The molecule has 1 aliphatic rings. The summed E-state index contributed by atoms with van der Waals surface area (Å²) in [7, 11) is -2.26. The number of nitrogens with zero attached hydrogens (tertiary/aromatic N) is 1. The Morgan fingerprint density at radius 3 is 2.37 bits per heavy atom. The molecule has 0 aliphatic carbocycles. The Kier molecular flexibility index (Phi) is 7.28. The van der Waals surface area contributed by atoms with Gasteiger partial charge >= 0.3 is 0 Å². The van der Waals surface area contributed by atoms with Gasteiger partial charge < -0.3 is 5.32 Å². The number of piperidine rings is 1. The van der Waals surface area contributed by atoms with Crippen LogP contribution in [0.1, 0.15) is 51.9 Å². The van der Waals surface area contributed by atoms with Gasteiger partial charge in [0.2, 0.25) is 10.0 Å². The molecule has 3 rings (SSSR count). The standard InChI is InChI=1S/C23H31N3O3S/c1-17-13-21(14-22(18(17)2)30(28,29)24-3)23(27)25-15-19-9-5-6-10-20(19)16-26-11-7-4-8-12-26/h5-6,9-10,13-14,24H,4,7-8,11-12,15-16H2,1-3H3,(H,25,27). The van der Waals surface area contributed by atoms with Gasteiger partial charge in [0.15, 0.2) is 0 Å². The van der Waals surface area contributed by atoms with Crippen LogP contribution in [0.15, 0.2) is 41.3 Å². The fourth-order valence-corrected chi connectivity index (χ4v) is 4.93. The molecule has 1 amide bonds. The lowest BCUT2D eigenvalue weighted by atomic mass is 10.0. The van der Waals surface area contributed by atoms with E-state index in [1.165, 1.54) is 37.9 Å². The van der Waals surface area contributed by atoms with Crippen molar-refractivity contribution in [3.63, 3.8) is 0 Å². The number of carbonyl (C=O) groups is 1. The molecule has 2 aromatic rings. The first kappa shape index (κ1) is 22.5. The molecule has 7 heteroatoms. The zero-order valence-electron chi connectivity index (χ0n) is 18.0. The summed E-state index contributed by atoms with van der Waals surface area (Å²) in [6, 6.07) is 11.3. The van der Waals surface area contributed by atoms with Crippen LogP contribution in [0.2, 0.25) is 0 Å². The molecule has 1 fully saturated rings. The highest BCUT2D eigenvalue weighted by molar-refractivity contribution is 7.89. The van der Waals surface area contributed by atoms with E-state index in [1.807, 2.05) is 25.1 Å². The molecule has 0 aromatic heterocycles. The van der Waals surface area contributed by atoms with Crippen molar-refractivity contribution in [2.75, 3.05) is 20.1 Å². The van der Waals surface area contributed by atoms with Crippen LogP contribution in [0.25, 0.3) is 0 Å². The molecular weight excluding hydrogens is 398 g/mol. The van der Waals surface area contributed by atoms with Crippen molar-refractivity contribution in [3.8, 4) is 0 Å². The second-order valence-electron chi connectivity index (χ2n) is 7.91. The topological polar surface area (TPSA) is 78.5 Å². The lowest BCUT2D eigenvalue weighted by molar-refractivity contribution is 0.0950. The predicted octanol–water partition coefficient (Wildman–Crippen LogP) is 3.13. The normalized spacial score (nSPS) is 15.2. The molecule has 0 bridgehead atoms. The van der Waals surface area contributed by atoms with Crippen molar-refractivity contribution in [3.05, 3.63) is 64.2 Å². The number of carbonyl (C=O) groups excluding carboxylic acids is 1. The zero-order valence-corrected chi connectivity index (χ0v) is 18.8. The lowest BCUT2D eigenvalue weighted by Crippen LogP contribution is -2.30. The molecule has 1 saturated heterocycles. The monoisotopic (exact) mass is 429 g/mol. The first-order chi connectivity index (χ1) is 14.3. The first-order valence-corrected chi connectivity index (χ1v) is 11.9. The molecular formula is C23H31N3O3S. The van der Waals surface area contributed by atoms with E-state index in [4.69, 9.17) is 0 Å². The van der Waals surface area contributed by atoms with E-state index in [-0.39, 0.29) is 10.8 Å². The Bertz CT molecular complexity index is 1010. The molecule has 0 unspecified atom stereocenters.